The number of thiophene rings is 1. The van der Waals surface area contributed by atoms with E-state index in [1.807, 2.05) is 48.5 Å². The first-order valence-corrected chi connectivity index (χ1v) is 11.2. The lowest BCUT2D eigenvalue weighted by Gasteiger charge is -2.05. The number of rotatable bonds is 6. The number of aromatic nitrogens is 5. The van der Waals surface area contributed by atoms with Gasteiger partial charge in [-0.3, -0.25) is 14.3 Å². The first-order valence-electron chi connectivity index (χ1n) is 10.3. The molecule has 0 spiro atoms. The second kappa shape index (κ2) is 9.12. The van der Waals surface area contributed by atoms with Gasteiger partial charge < -0.3 is 10.6 Å². The summed E-state index contributed by atoms with van der Waals surface area (Å²) in [7, 11) is 1.77. The van der Waals surface area contributed by atoms with Crippen molar-refractivity contribution in [1.29, 1.82) is 0 Å². The Morgan fingerprint density at radius 2 is 1.59 bits per heavy atom. The second-order valence-corrected chi connectivity index (χ2v) is 8.45. The molecule has 0 fully saturated rings. The van der Waals surface area contributed by atoms with Crippen molar-refractivity contribution in [3.05, 3.63) is 95.2 Å². The topological polar surface area (TPSA) is 107 Å². The van der Waals surface area contributed by atoms with E-state index in [0.717, 1.165) is 28.3 Å². The minimum atomic E-state index is -0.302. The zero-order chi connectivity index (χ0) is 23.5. The summed E-state index contributed by atoms with van der Waals surface area (Å²) < 4.78 is 3.24. The van der Waals surface area contributed by atoms with Gasteiger partial charge in [0.1, 0.15) is 18.5 Å². The van der Waals surface area contributed by atoms with Gasteiger partial charge in [-0.15, -0.1) is 11.3 Å². The number of hydrogen-bond acceptors (Lipinski definition) is 6. The molecule has 0 unspecified atom stereocenters. The van der Waals surface area contributed by atoms with Crippen molar-refractivity contribution in [3.8, 4) is 16.9 Å². The van der Waals surface area contributed by atoms with Gasteiger partial charge in [0, 0.05) is 24.4 Å². The number of anilines is 2. The van der Waals surface area contributed by atoms with Crippen LogP contribution >= 0.6 is 11.3 Å². The van der Waals surface area contributed by atoms with Crippen molar-refractivity contribution >= 4 is 34.7 Å². The largest absolute Gasteiger partial charge is 0.321 e. The Morgan fingerprint density at radius 3 is 2.26 bits per heavy atom. The number of nitrogens with zero attached hydrogens (tertiary/aromatic N) is 5. The molecule has 3 aromatic heterocycles. The van der Waals surface area contributed by atoms with Gasteiger partial charge in [0.25, 0.3) is 11.8 Å². The maximum absolute atomic E-state index is 12.8. The molecule has 0 saturated heterocycles. The SMILES string of the molecule is Cn1nc(-c2ccccc2)cc1NC(=O)c1ccc(C(=O)Nc2ccc(-n3cncn3)cc2)s1. The van der Waals surface area contributed by atoms with Crippen molar-refractivity contribution in [1.82, 2.24) is 24.5 Å². The molecule has 34 heavy (non-hydrogen) atoms. The van der Waals surface area contributed by atoms with E-state index in [9.17, 15) is 9.59 Å². The third kappa shape index (κ3) is 4.48. The molecule has 0 radical (unpaired) electrons. The van der Waals surface area contributed by atoms with E-state index in [0.29, 0.717) is 21.3 Å². The molecule has 168 valence electrons. The summed E-state index contributed by atoms with van der Waals surface area (Å²) in [5.41, 5.74) is 3.19. The molecule has 2 aromatic carbocycles. The minimum absolute atomic E-state index is 0.288. The molecule has 0 atom stereocenters. The molecule has 10 heteroatoms. The molecular formula is C24H19N7O2S. The van der Waals surface area contributed by atoms with Crippen LogP contribution in [0.3, 0.4) is 0 Å². The lowest BCUT2D eigenvalue weighted by Crippen LogP contribution is -2.13. The van der Waals surface area contributed by atoms with E-state index in [1.54, 1.807) is 47.0 Å². The maximum atomic E-state index is 12.8. The van der Waals surface area contributed by atoms with Crippen LogP contribution in [0.25, 0.3) is 16.9 Å². The van der Waals surface area contributed by atoms with Crippen LogP contribution in [0.1, 0.15) is 19.3 Å². The highest BCUT2D eigenvalue weighted by molar-refractivity contribution is 7.16. The first kappa shape index (κ1) is 21.3. The van der Waals surface area contributed by atoms with Crippen LogP contribution in [0.15, 0.2) is 85.5 Å². The van der Waals surface area contributed by atoms with Crippen molar-refractivity contribution in [3.63, 3.8) is 0 Å². The summed E-state index contributed by atoms with van der Waals surface area (Å²) in [4.78, 5) is 30.2. The van der Waals surface area contributed by atoms with Crippen LogP contribution in [0, 0.1) is 0 Å². The quantitative estimate of drug-likeness (QED) is 0.387. The van der Waals surface area contributed by atoms with Crippen LogP contribution in [0.2, 0.25) is 0 Å². The molecule has 9 nitrogen and oxygen atoms in total. The molecule has 0 saturated carbocycles. The zero-order valence-corrected chi connectivity index (χ0v) is 18.9. The number of carbonyl (C=O) groups is 2. The molecule has 0 bridgehead atoms. The van der Waals surface area contributed by atoms with Gasteiger partial charge in [-0.2, -0.15) is 10.2 Å². The average Bonchev–Trinajstić information content (AvgIpc) is 3.62. The standard InChI is InChI=1S/C24H19N7O2S/c1-30-22(13-19(29-30)16-5-3-2-4-6-16)28-24(33)21-12-11-20(34-21)23(32)27-17-7-9-18(10-8-17)31-15-25-14-26-31/h2-15H,1H3,(H,27,32)(H,28,33). The molecule has 2 N–H and O–H groups in total. The highest BCUT2D eigenvalue weighted by Crippen LogP contribution is 2.23. The molecule has 3 heterocycles. The third-order valence-corrected chi connectivity index (χ3v) is 6.14. The highest BCUT2D eigenvalue weighted by atomic mass is 32.1. The van der Waals surface area contributed by atoms with E-state index >= 15 is 0 Å². The summed E-state index contributed by atoms with van der Waals surface area (Å²) in [6.07, 6.45) is 3.05. The Bertz CT molecular complexity index is 1440. The van der Waals surface area contributed by atoms with E-state index in [4.69, 9.17) is 0 Å². The second-order valence-electron chi connectivity index (χ2n) is 7.36. The van der Waals surface area contributed by atoms with Crippen LogP contribution in [-0.2, 0) is 7.05 Å². The van der Waals surface area contributed by atoms with Crippen molar-refractivity contribution < 1.29 is 9.59 Å². The van der Waals surface area contributed by atoms with Crippen molar-refractivity contribution in [2.24, 2.45) is 7.05 Å². The molecule has 0 aliphatic heterocycles. The first-order chi connectivity index (χ1) is 16.6. The molecule has 5 aromatic rings. The minimum Gasteiger partial charge on any atom is -0.321 e. The van der Waals surface area contributed by atoms with Crippen LogP contribution in [0.4, 0.5) is 11.5 Å². The summed E-state index contributed by atoms with van der Waals surface area (Å²) in [6, 6.07) is 22.0. The summed E-state index contributed by atoms with van der Waals surface area (Å²) in [6.45, 7) is 0. The van der Waals surface area contributed by atoms with E-state index in [2.05, 4.69) is 25.8 Å². The van der Waals surface area contributed by atoms with Crippen LogP contribution in [-0.4, -0.2) is 36.4 Å². The fourth-order valence-electron chi connectivity index (χ4n) is 3.33. The van der Waals surface area contributed by atoms with Gasteiger partial charge in [-0.25, -0.2) is 9.67 Å². The Kier molecular flexibility index (Phi) is 5.71. The molecule has 2 amide bonds. The number of benzene rings is 2. The van der Waals surface area contributed by atoms with Crippen LogP contribution in [0.5, 0.6) is 0 Å². The monoisotopic (exact) mass is 469 g/mol. The Hall–Kier alpha value is -4.57. The molecule has 0 aliphatic rings. The van der Waals surface area contributed by atoms with Crippen LogP contribution < -0.4 is 10.6 Å². The van der Waals surface area contributed by atoms with Crippen molar-refractivity contribution in [2.45, 2.75) is 0 Å². The van der Waals surface area contributed by atoms with Gasteiger partial charge in [0.05, 0.1) is 21.1 Å². The van der Waals surface area contributed by atoms with Gasteiger partial charge in [-0.1, -0.05) is 30.3 Å². The predicted molar refractivity (Wildman–Crippen MR) is 130 cm³/mol. The number of carbonyl (C=O) groups excluding carboxylic acids is 2. The number of hydrogen-bond donors (Lipinski definition) is 2. The predicted octanol–water partition coefficient (Wildman–Crippen LogP) is 4.23. The van der Waals surface area contributed by atoms with Gasteiger partial charge in [-0.05, 0) is 36.4 Å². The normalized spacial score (nSPS) is 10.7. The fourth-order valence-corrected chi connectivity index (χ4v) is 4.12. The Balaban J connectivity index is 1.24. The van der Waals surface area contributed by atoms with E-state index < -0.39 is 0 Å². The van der Waals surface area contributed by atoms with Crippen molar-refractivity contribution in [2.75, 3.05) is 10.6 Å². The third-order valence-electron chi connectivity index (χ3n) is 5.05. The fraction of sp³-hybridized carbons (Fsp3) is 0.0417. The molecule has 5 rings (SSSR count). The van der Waals surface area contributed by atoms with E-state index in [-0.39, 0.29) is 11.8 Å². The lowest BCUT2D eigenvalue weighted by atomic mass is 10.2. The van der Waals surface area contributed by atoms with Gasteiger partial charge in [0.15, 0.2) is 0 Å². The molecule has 0 aliphatic carbocycles. The highest BCUT2D eigenvalue weighted by Gasteiger charge is 2.16. The number of nitrogens with one attached hydrogen (secondary N) is 2. The molecular weight excluding hydrogens is 450 g/mol. The van der Waals surface area contributed by atoms with Gasteiger partial charge >= 0.3 is 0 Å². The summed E-state index contributed by atoms with van der Waals surface area (Å²) in [5.74, 6) is -0.0240. The zero-order valence-electron chi connectivity index (χ0n) is 18.0. The van der Waals surface area contributed by atoms with Gasteiger partial charge in [0.2, 0.25) is 0 Å². The van der Waals surface area contributed by atoms with E-state index in [1.165, 1.54) is 6.33 Å². The smallest absolute Gasteiger partial charge is 0.266 e. The lowest BCUT2D eigenvalue weighted by molar-refractivity contribution is 0.102. The average molecular weight is 470 g/mol. The summed E-state index contributed by atoms with van der Waals surface area (Å²) in [5, 5.41) is 14.2. The Labute approximate surface area is 198 Å². The maximum Gasteiger partial charge on any atom is 0.266 e. The Morgan fingerprint density at radius 1 is 0.882 bits per heavy atom. The number of aryl methyl sites for hydroxylation is 1. The summed E-state index contributed by atoms with van der Waals surface area (Å²) >= 11 is 1.12. The number of amides is 2.